The Morgan fingerprint density at radius 3 is 2.69 bits per heavy atom. The second kappa shape index (κ2) is 9.78. The molecule has 2 aliphatic heterocycles. The van der Waals surface area contributed by atoms with Gasteiger partial charge in [0.05, 0.1) is 15.5 Å². The van der Waals surface area contributed by atoms with Crippen LogP contribution in [0.4, 0.5) is 10.6 Å². The van der Waals surface area contributed by atoms with E-state index in [0.29, 0.717) is 64.5 Å². The van der Waals surface area contributed by atoms with Gasteiger partial charge in [-0.3, -0.25) is 4.57 Å². The van der Waals surface area contributed by atoms with Crippen molar-refractivity contribution >= 4 is 50.3 Å². The highest BCUT2D eigenvalue weighted by Gasteiger charge is 2.37. The first-order valence-electron chi connectivity index (χ1n) is 11.9. The summed E-state index contributed by atoms with van der Waals surface area (Å²) < 4.78 is 13.9. The van der Waals surface area contributed by atoms with Gasteiger partial charge in [0, 0.05) is 37.2 Å². The molecular weight excluding hydrogens is 540 g/mol. The van der Waals surface area contributed by atoms with E-state index in [4.69, 9.17) is 21.1 Å². The Morgan fingerprint density at radius 2 is 2.03 bits per heavy atom. The van der Waals surface area contributed by atoms with Crippen LogP contribution < -0.4 is 15.3 Å². The van der Waals surface area contributed by atoms with Crippen LogP contribution in [0.3, 0.4) is 0 Å². The summed E-state index contributed by atoms with van der Waals surface area (Å²) in [5.41, 5.74) is -0.316. The zero-order valence-electron chi connectivity index (χ0n) is 20.7. The van der Waals surface area contributed by atoms with Gasteiger partial charge >= 0.3 is 11.8 Å². The van der Waals surface area contributed by atoms with Crippen molar-refractivity contribution in [2.75, 3.05) is 31.2 Å². The summed E-state index contributed by atoms with van der Waals surface area (Å²) >= 11 is 10.1. The average Bonchev–Trinajstić information content (AvgIpc) is 2.77. The van der Waals surface area contributed by atoms with Crippen LogP contribution in [0.2, 0.25) is 5.02 Å². The van der Waals surface area contributed by atoms with Crippen LogP contribution in [-0.2, 0) is 4.74 Å². The number of amides is 1. The summed E-state index contributed by atoms with van der Waals surface area (Å²) in [4.78, 5) is 34.5. The number of carbonyl (C=O) groups is 1. The number of aromatic nitrogens is 2. The summed E-state index contributed by atoms with van der Waals surface area (Å²) in [6.45, 7) is 10.7. The largest absolute Gasteiger partial charge is 0.488 e. The quantitative estimate of drug-likeness (QED) is 0.583. The van der Waals surface area contributed by atoms with E-state index in [1.165, 1.54) is 0 Å². The molecule has 4 rings (SSSR count). The van der Waals surface area contributed by atoms with E-state index in [0.717, 1.165) is 0 Å². The number of ether oxygens (including phenoxy) is 2. The van der Waals surface area contributed by atoms with Gasteiger partial charge in [-0.25, -0.2) is 9.59 Å². The zero-order chi connectivity index (χ0) is 25.7. The lowest BCUT2D eigenvalue weighted by atomic mass is 10.1. The first kappa shape index (κ1) is 26.0. The molecule has 35 heavy (non-hydrogen) atoms. The number of hydrogen-bond acceptors (Lipinski definition) is 7. The molecule has 0 aliphatic carbocycles. The van der Waals surface area contributed by atoms with Gasteiger partial charge in [0.15, 0.2) is 5.75 Å². The van der Waals surface area contributed by atoms with E-state index in [9.17, 15) is 14.7 Å². The first-order valence-corrected chi connectivity index (χ1v) is 13.0. The summed E-state index contributed by atoms with van der Waals surface area (Å²) in [6.07, 6.45) is 0.789. The van der Waals surface area contributed by atoms with Crippen molar-refractivity contribution in [1.29, 1.82) is 0 Å². The molecule has 11 heteroatoms. The van der Waals surface area contributed by atoms with Crippen molar-refractivity contribution < 1.29 is 19.4 Å². The maximum absolute atomic E-state index is 13.4. The Labute approximate surface area is 218 Å². The summed E-state index contributed by atoms with van der Waals surface area (Å²) in [6, 6.07) is 1.29. The SMILES string of the molecule is C[C@@H]1CN(c2nc(=O)n3c4c(c(Br)c(Cl)cc24)OC[C@@H]3CCCO)[C@@H](C)CN1C(=O)OC(C)(C)C. The van der Waals surface area contributed by atoms with E-state index >= 15 is 0 Å². The molecule has 1 N–H and O–H groups in total. The summed E-state index contributed by atoms with van der Waals surface area (Å²) in [5, 5.41) is 10.5. The minimum Gasteiger partial charge on any atom is -0.488 e. The second-order valence-corrected chi connectivity index (χ2v) is 11.5. The molecule has 0 unspecified atom stereocenters. The minimum atomic E-state index is -0.583. The van der Waals surface area contributed by atoms with Gasteiger partial charge in [-0.2, -0.15) is 4.98 Å². The molecule has 3 atom stereocenters. The maximum atomic E-state index is 13.4. The summed E-state index contributed by atoms with van der Waals surface area (Å²) in [5.74, 6) is 1.04. The van der Waals surface area contributed by atoms with Gasteiger partial charge in [0.2, 0.25) is 0 Å². The normalized spacial score (nSPS) is 22.3. The molecule has 2 aliphatic rings. The Hall–Kier alpha value is -2.04. The van der Waals surface area contributed by atoms with E-state index in [2.05, 4.69) is 25.8 Å². The third kappa shape index (κ3) is 4.97. The molecule has 0 bridgehead atoms. The number of piperazine rings is 1. The molecule has 1 aromatic heterocycles. The molecule has 0 spiro atoms. The van der Waals surface area contributed by atoms with Crippen molar-refractivity contribution in [1.82, 2.24) is 14.5 Å². The summed E-state index contributed by atoms with van der Waals surface area (Å²) in [7, 11) is 0. The van der Waals surface area contributed by atoms with Crippen LogP contribution in [0.1, 0.15) is 53.5 Å². The van der Waals surface area contributed by atoms with Crippen molar-refractivity contribution in [2.45, 2.75) is 71.2 Å². The predicted molar refractivity (Wildman–Crippen MR) is 139 cm³/mol. The van der Waals surface area contributed by atoms with Gasteiger partial charge in [0.25, 0.3) is 0 Å². The van der Waals surface area contributed by atoms with Gasteiger partial charge < -0.3 is 24.4 Å². The van der Waals surface area contributed by atoms with E-state index < -0.39 is 5.60 Å². The molecule has 3 heterocycles. The molecule has 0 saturated carbocycles. The van der Waals surface area contributed by atoms with E-state index in [1.54, 1.807) is 15.5 Å². The number of rotatable bonds is 4. The second-order valence-electron chi connectivity index (χ2n) is 10.3. The fourth-order valence-corrected chi connectivity index (χ4v) is 5.39. The molecule has 1 amide bonds. The van der Waals surface area contributed by atoms with Crippen LogP contribution in [0.15, 0.2) is 15.3 Å². The molecule has 2 aromatic rings. The Kier molecular flexibility index (Phi) is 7.28. The molecule has 1 fully saturated rings. The smallest absolute Gasteiger partial charge is 0.410 e. The molecule has 9 nitrogen and oxygen atoms in total. The van der Waals surface area contributed by atoms with Crippen molar-refractivity contribution in [3.05, 3.63) is 26.0 Å². The fraction of sp³-hybridized carbons (Fsp3) is 0.625. The standard InChI is InChI=1S/C24H32BrClN4O5/c1-13-11-29(23(33)35-24(3,4)5)14(2)10-28(13)21-16-9-17(26)18(25)20-19(16)30(22(32)27-21)15(12-34-20)7-6-8-31/h9,13-15,31H,6-8,10-12H2,1-5H3/t13-,14+,15-/m0/s1. The lowest BCUT2D eigenvalue weighted by Gasteiger charge is -2.45. The van der Waals surface area contributed by atoms with Crippen molar-refractivity contribution in [2.24, 2.45) is 0 Å². The van der Waals surface area contributed by atoms with Crippen LogP contribution in [-0.4, -0.2) is 69.6 Å². The van der Waals surface area contributed by atoms with Crippen molar-refractivity contribution in [3.8, 4) is 5.75 Å². The monoisotopic (exact) mass is 570 g/mol. The number of aliphatic hydroxyl groups is 1. The Bertz CT molecular complexity index is 1200. The van der Waals surface area contributed by atoms with Crippen LogP contribution in [0, 0.1) is 0 Å². The Morgan fingerprint density at radius 1 is 1.31 bits per heavy atom. The molecule has 192 valence electrons. The maximum Gasteiger partial charge on any atom is 0.410 e. The van der Waals surface area contributed by atoms with Crippen molar-refractivity contribution in [3.63, 3.8) is 0 Å². The number of benzene rings is 1. The zero-order valence-corrected chi connectivity index (χ0v) is 23.0. The van der Waals surface area contributed by atoms with Gasteiger partial charge in [-0.1, -0.05) is 11.6 Å². The molecule has 1 saturated heterocycles. The minimum absolute atomic E-state index is 0.0361. The van der Waals surface area contributed by atoms with Gasteiger partial charge in [-0.05, 0) is 69.5 Å². The molecular formula is C24H32BrClN4O5. The number of carbonyl (C=O) groups excluding carboxylic acids is 1. The molecule has 1 aromatic carbocycles. The number of anilines is 1. The lowest BCUT2D eigenvalue weighted by molar-refractivity contribution is 0.0130. The topological polar surface area (TPSA) is 97.1 Å². The van der Waals surface area contributed by atoms with E-state index in [1.807, 2.05) is 34.6 Å². The first-order chi connectivity index (χ1) is 16.4. The predicted octanol–water partition coefficient (Wildman–Crippen LogP) is 4.35. The molecule has 0 radical (unpaired) electrons. The Balaban J connectivity index is 1.77. The number of halogens is 2. The third-order valence-corrected chi connectivity index (χ3v) is 7.72. The lowest BCUT2D eigenvalue weighted by Crippen LogP contribution is -2.59. The van der Waals surface area contributed by atoms with E-state index in [-0.39, 0.29) is 36.5 Å². The van der Waals surface area contributed by atoms with Crippen LogP contribution in [0.25, 0.3) is 10.9 Å². The van der Waals surface area contributed by atoms with Gasteiger partial charge in [0.1, 0.15) is 23.5 Å². The highest BCUT2D eigenvalue weighted by molar-refractivity contribution is 9.10. The number of aliphatic hydroxyl groups excluding tert-OH is 1. The highest BCUT2D eigenvalue weighted by atomic mass is 79.9. The van der Waals surface area contributed by atoms with Crippen LogP contribution in [0.5, 0.6) is 5.75 Å². The average molecular weight is 572 g/mol. The highest BCUT2D eigenvalue weighted by Crippen LogP contribution is 2.45. The third-order valence-electron chi connectivity index (χ3n) is 6.41. The van der Waals surface area contributed by atoms with Gasteiger partial charge in [-0.15, -0.1) is 0 Å². The fourth-order valence-electron chi connectivity index (χ4n) is 4.78. The number of hydrogen-bond donors (Lipinski definition) is 1. The van der Waals surface area contributed by atoms with Crippen LogP contribution >= 0.6 is 27.5 Å². The number of nitrogens with zero attached hydrogens (tertiary/aromatic N) is 4.